The Morgan fingerprint density at radius 1 is 1.10 bits per heavy atom. The van der Waals surface area contributed by atoms with Crippen molar-refractivity contribution in [2.24, 2.45) is 0 Å². The molecule has 6 heteroatoms. The molecular formula is C23H25N3O2S. The number of thiophene rings is 1. The summed E-state index contributed by atoms with van der Waals surface area (Å²) in [5, 5.41) is 6.30. The third-order valence-electron chi connectivity index (χ3n) is 6.20. The van der Waals surface area contributed by atoms with Crippen LogP contribution in [-0.4, -0.2) is 42.1 Å². The van der Waals surface area contributed by atoms with Crippen molar-refractivity contribution in [2.45, 2.75) is 32.1 Å². The van der Waals surface area contributed by atoms with E-state index in [1.54, 1.807) is 11.3 Å². The van der Waals surface area contributed by atoms with Gasteiger partial charge in [-0.1, -0.05) is 23.4 Å². The van der Waals surface area contributed by atoms with E-state index in [1.165, 1.54) is 16.8 Å². The highest BCUT2D eigenvalue weighted by atomic mass is 32.1. The van der Waals surface area contributed by atoms with Crippen LogP contribution in [0.3, 0.4) is 0 Å². The van der Waals surface area contributed by atoms with Crippen LogP contribution in [0.1, 0.15) is 29.7 Å². The smallest absolute Gasteiger partial charge is 0.235 e. The van der Waals surface area contributed by atoms with Gasteiger partial charge in [0.05, 0.1) is 16.0 Å². The molecule has 2 aromatic heterocycles. The predicted octanol–water partition coefficient (Wildman–Crippen LogP) is 4.40. The second kappa shape index (κ2) is 7.02. The van der Waals surface area contributed by atoms with E-state index in [9.17, 15) is 4.79 Å². The van der Waals surface area contributed by atoms with E-state index < -0.39 is 5.41 Å². The van der Waals surface area contributed by atoms with E-state index in [4.69, 9.17) is 4.52 Å². The van der Waals surface area contributed by atoms with Gasteiger partial charge in [0.15, 0.2) is 5.76 Å². The van der Waals surface area contributed by atoms with E-state index in [1.807, 2.05) is 28.5 Å². The molecule has 0 atom stereocenters. The zero-order valence-corrected chi connectivity index (χ0v) is 17.7. The molecule has 1 amide bonds. The molecule has 0 N–H and O–H groups in total. The molecular weight excluding hydrogens is 382 g/mol. The number of hydrogen-bond donors (Lipinski definition) is 0. The highest BCUT2D eigenvalue weighted by Gasteiger charge is 2.55. The summed E-state index contributed by atoms with van der Waals surface area (Å²) in [6.45, 7) is 7.52. The first kappa shape index (κ1) is 18.4. The Kier molecular flexibility index (Phi) is 4.46. The van der Waals surface area contributed by atoms with Crippen LogP contribution >= 0.6 is 11.3 Å². The first-order valence-corrected chi connectivity index (χ1v) is 11.1. The number of amides is 1. The molecule has 1 saturated carbocycles. The first-order chi connectivity index (χ1) is 14.1. The summed E-state index contributed by atoms with van der Waals surface area (Å²) in [5.41, 5.74) is 4.17. The van der Waals surface area contributed by atoms with Crippen LogP contribution in [0.5, 0.6) is 0 Å². The van der Waals surface area contributed by atoms with Gasteiger partial charge in [0.1, 0.15) is 0 Å². The molecule has 0 bridgehead atoms. The molecule has 0 radical (unpaired) electrons. The minimum absolute atomic E-state index is 0.212. The molecule has 0 unspecified atom stereocenters. The fourth-order valence-corrected chi connectivity index (χ4v) is 4.93. The molecule has 3 heterocycles. The molecule has 2 aliphatic rings. The number of carbonyl (C=O) groups excluding carboxylic acids is 1. The molecule has 5 nitrogen and oxygen atoms in total. The highest BCUT2D eigenvalue weighted by molar-refractivity contribution is 7.13. The van der Waals surface area contributed by atoms with E-state index in [2.05, 4.69) is 42.1 Å². The summed E-state index contributed by atoms with van der Waals surface area (Å²) in [7, 11) is 0. The molecule has 3 aromatic rings. The fraction of sp³-hybridized carbons (Fsp3) is 0.391. The maximum absolute atomic E-state index is 13.4. The Hall–Kier alpha value is -2.60. The molecule has 5 rings (SSSR count). The minimum atomic E-state index is -0.472. The lowest BCUT2D eigenvalue weighted by molar-refractivity contribution is -0.134. The predicted molar refractivity (Wildman–Crippen MR) is 115 cm³/mol. The summed E-state index contributed by atoms with van der Waals surface area (Å²) in [4.78, 5) is 18.8. The van der Waals surface area contributed by atoms with Gasteiger partial charge in [-0.2, -0.15) is 0 Å². The Morgan fingerprint density at radius 2 is 1.90 bits per heavy atom. The quantitative estimate of drug-likeness (QED) is 0.643. The summed E-state index contributed by atoms with van der Waals surface area (Å²) in [6, 6.07) is 12.5. The average Bonchev–Trinajstić information content (AvgIpc) is 3.14. The van der Waals surface area contributed by atoms with Crippen molar-refractivity contribution in [3.05, 3.63) is 58.6 Å². The van der Waals surface area contributed by atoms with Crippen molar-refractivity contribution in [1.29, 1.82) is 0 Å². The van der Waals surface area contributed by atoms with Gasteiger partial charge in [0, 0.05) is 37.9 Å². The lowest BCUT2D eigenvalue weighted by Crippen LogP contribution is -2.51. The molecule has 2 fully saturated rings. The number of nitrogens with zero attached hydrogens (tertiary/aromatic N) is 3. The lowest BCUT2D eigenvalue weighted by atomic mass is 9.99. The van der Waals surface area contributed by atoms with Crippen LogP contribution in [0.15, 0.2) is 46.3 Å². The largest absolute Gasteiger partial charge is 0.368 e. The molecule has 1 aliphatic carbocycles. The number of aryl methyl sites for hydroxylation is 2. The number of piperazine rings is 1. The van der Waals surface area contributed by atoms with Crippen LogP contribution in [0.4, 0.5) is 5.69 Å². The van der Waals surface area contributed by atoms with Gasteiger partial charge in [-0.25, -0.2) is 0 Å². The average molecular weight is 408 g/mol. The topological polar surface area (TPSA) is 49.6 Å². The Bertz CT molecular complexity index is 1030. The van der Waals surface area contributed by atoms with Crippen LogP contribution in [0.2, 0.25) is 0 Å². The van der Waals surface area contributed by atoms with Crippen LogP contribution in [-0.2, 0) is 10.2 Å². The van der Waals surface area contributed by atoms with Gasteiger partial charge in [0.2, 0.25) is 5.91 Å². The van der Waals surface area contributed by atoms with Crippen molar-refractivity contribution < 1.29 is 9.32 Å². The standard InChI is InChI=1S/C23H25N3O2S/c1-16-5-6-17(2)18(14-16)25-9-11-26(12-10-25)22(27)23(7-8-23)21-15-19(28-24-21)20-4-3-13-29-20/h3-6,13-15H,7-12H2,1-2H3. The summed E-state index contributed by atoms with van der Waals surface area (Å²) in [5.74, 6) is 0.970. The zero-order valence-electron chi connectivity index (χ0n) is 16.9. The van der Waals surface area contributed by atoms with Gasteiger partial charge in [-0.05, 0) is 55.3 Å². The van der Waals surface area contributed by atoms with Crippen LogP contribution < -0.4 is 4.90 Å². The number of aromatic nitrogens is 1. The number of hydrogen-bond acceptors (Lipinski definition) is 5. The monoisotopic (exact) mass is 407 g/mol. The van der Waals surface area contributed by atoms with Crippen molar-refractivity contribution in [1.82, 2.24) is 10.1 Å². The van der Waals surface area contributed by atoms with Crippen LogP contribution in [0.25, 0.3) is 10.6 Å². The zero-order chi connectivity index (χ0) is 20.0. The van der Waals surface area contributed by atoms with Gasteiger partial charge < -0.3 is 14.3 Å². The Morgan fingerprint density at radius 3 is 2.59 bits per heavy atom. The van der Waals surface area contributed by atoms with E-state index in [0.717, 1.165) is 55.4 Å². The van der Waals surface area contributed by atoms with Crippen molar-refractivity contribution >= 4 is 22.9 Å². The maximum Gasteiger partial charge on any atom is 0.235 e. The van der Waals surface area contributed by atoms with Crippen molar-refractivity contribution in [2.75, 3.05) is 31.1 Å². The molecule has 29 heavy (non-hydrogen) atoms. The SMILES string of the molecule is Cc1ccc(C)c(N2CCN(C(=O)C3(c4cc(-c5cccs5)on4)CC3)CC2)c1. The third-order valence-corrected chi connectivity index (χ3v) is 7.08. The number of rotatable bonds is 4. The van der Waals surface area contributed by atoms with Gasteiger partial charge >= 0.3 is 0 Å². The van der Waals surface area contributed by atoms with E-state index >= 15 is 0 Å². The van der Waals surface area contributed by atoms with Crippen molar-refractivity contribution in [3.8, 4) is 10.6 Å². The number of anilines is 1. The molecule has 150 valence electrons. The lowest BCUT2D eigenvalue weighted by Gasteiger charge is -2.38. The normalized spacial score (nSPS) is 18.1. The van der Waals surface area contributed by atoms with Gasteiger partial charge in [-0.15, -0.1) is 11.3 Å². The first-order valence-electron chi connectivity index (χ1n) is 10.2. The molecule has 1 aromatic carbocycles. The molecule has 1 aliphatic heterocycles. The van der Waals surface area contributed by atoms with Crippen molar-refractivity contribution in [3.63, 3.8) is 0 Å². The fourth-order valence-electron chi connectivity index (χ4n) is 4.25. The Labute approximate surface area is 174 Å². The number of carbonyl (C=O) groups is 1. The highest BCUT2D eigenvalue weighted by Crippen LogP contribution is 2.50. The van der Waals surface area contributed by atoms with E-state index in [-0.39, 0.29) is 5.91 Å². The maximum atomic E-state index is 13.4. The summed E-state index contributed by atoms with van der Waals surface area (Å²) in [6.07, 6.45) is 1.72. The summed E-state index contributed by atoms with van der Waals surface area (Å²) < 4.78 is 5.55. The van der Waals surface area contributed by atoms with Gasteiger partial charge in [0.25, 0.3) is 0 Å². The summed E-state index contributed by atoms with van der Waals surface area (Å²) >= 11 is 1.62. The number of benzene rings is 1. The van der Waals surface area contributed by atoms with E-state index in [0.29, 0.717) is 0 Å². The van der Waals surface area contributed by atoms with Crippen LogP contribution in [0, 0.1) is 13.8 Å². The minimum Gasteiger partial charge on any atom is -0.368 e. The Balaban J connectivity index is 1.29. The third kappa shape index (κ3) is 3.25. The second-order valence-electron chi connectivity index (χ2n) is 8.21. The molecule has 1 saturated heterocycles. The molecule has 0 spiro atoms. The van der Waals surface area contributed by atoms with Gasteiger partial charge in [-0.3, -0.25) is 4.79 Å². The second-order valence-corrected chi connectivity index (χ2v) is 9.15.